The topological polar surface area (TPSA) is 120 Å². The molecule has 2 fully saturated rings. The van der Waals surface area contributed by atoms with Crippen molar-refractivity contribution in [2.75, 3.05) is 4.90 Å². The maximum Gasteiger partial charge on any atom is 0.253 e. The molecular formula is C27H30N6O3. The van der Waals surface area contributed by atoms with Crippen LogP contribution in [0.25, 0.3) is 0 Å². The van der Waals surface area contributed by atoms with Crippen molar-refractivity contribution in [1.82, 2.24) is 25.6 Å². The van der Waals surface area contributed by atoms with Gasteiger partial charge in [-0.05, 0) is 62.4 Å². The van der Waals surface area contributed by atoms with Crippen LogP contribution in [0.4, 0.5) is 5.82 Å². The molecule has 0 saturated carbocycles. The van der Waals surface area contributed by atoms with Crippen molar-refractivity contribution >= 4 is 17.6 Å². The van der Waals surface area contributed by atoms with Crippen molar-refractivity contribution < 1.29 is 14.7 Å². The molecular weight excluding hydrogens is 456 g/mol. The standard InChI is InChI=1S/C27H30N6O3/c1-17-12-29-22(14-28-17)15-31-26(35)20-6-9-25(30-13-20)33-23-7-8-24(33)11-21(10-23)32-27(36)19-4-2-18(16-34)3-5-19/h2-6,9,12-14,21,23-24,34H,7-8,10-11,15-16H2,1H3,(H,31,35)(H,32,36)/t21?,23-,24+. The summed E-state index contributed by atoms with van der Waals surface area (Å²) in [6.45, 7) is 2.14. The van der Waals surface area contributed by atoms with Crippen LogP contribution in [0.5, 0.6) is 0 Å². The minimum Gasteiger partial charge on any atom is -0.392 e. The largest absolute Gasteiger partial charge is 0.392 e. The summed E-state index contributed by atoms with van der Waals surface area (Å²) in [4.78, 5) is 40.7. The molecule has 2 saturated heterocycles. The Balaban J connectivity index is 1.17. The Morgan fingerprint density at radius 3 is 2.25 bits per heavy atom. The predicted molar refractivity (Wildman–Crippen MR) is 134 cm³/mol. The molecule has 0 aliphatic carbocycles. The Labute approximate surface area is 210 Å². The molecule has 4 heterocycles. The lowest BCUT2D eigenvalue weighted by Crippen LogP contribution is -2.50. The molecule has 36 heavy (non-hydrogen) atoms. The van der Waals surface area contributed by atoms with Gasteiger partial charge < -0.3 is 20.6 Å². The SMILES string of the molecule is Cc1cnc(CNC(=O)c2ccc(N3[C@@H]4CC[C@H]3CC(NC(=O)c3ccc(CO)cc3)C4)nc2)cn1. The van der Waals surface area contributed by atoms with Crippen LogP contribution >= 0.6 is 0 Å². The fourth-order valence-electron chi connectivity index (χ4n) is 5.16. The van der Waals surface area contributed by atoms with Gasteiger partial charge in [0, 0.05) is 36.1 Å². The summed E-state index contributed by atoms with van der Waals surface area (Å²) in [6, 6.07) is 11.5. The van der Waals surface area contributed by atoms with E-state index in [4.69, 9.17) is 0 Å². The zero-order valence-electron chi connectivity index (χ0n) is 20.2. The van der Waals surface area contributed by atoms with Gasteiger partial charge in [0.2, 0.25) is 0 Å². The molecule has 2 bridgehead atoms. The summed E-state index contributed by atoms with van der Waals surface area (Å²) >= 11 is 0. The fourth-order valence-corrected chi connectivity index (χ4v) is 5.16. The Morgan fingerprint density at radius 2 is 1.64 bits per heavy atom. The number of pyridine rings is 1. The number of nitrogens with one attached hydrogen (secondary N) is 2. The molecule has 1 unspecified atom stereocenters. The highest BCUT2D eigenvalue weighted by atomic mass is 16.3. The average Bonchev–Trinajstić information content (AvgIpc) is 3.18. The van der Waals surface area contributed by atoms with Crippen LogP contribution in [-0.2, 0) is 13.2 Å². The number of fused-ring (bicyclic) bond motifs is 2. The Morgan fingerprint density at radius 1 is 0.917 bits per heavy atom. The number of aromatic nitrogens is 3. The summed E-state index contributed by atoms with van der Waals surface area (Å²) in [6.07, 6.45) is 8.79. The molecule has 3 atom stereocenters. The summed E-state index contributed by atoms with van der Waals surface area (Å²) in [7, 11) is 0. The number of anilines is 1. The molecule has 1 aromatic carbocycles. The van der Waals surface area contributed by atoms with Gasteiger partial charge in [-0.1, -0.05) is 12.1 Å². The molecule has 9 nitrogen and oxygen atoms in total. The van der Waals surface area contributed by atoms with Gasteiger partial charge in [-0.15, -0.1) is 0 Å². The van der Waals surface area contributed by atoms with E-state index in [2.05, 4.69) is 30.5 Å². The third-order valence-electron chi connectivity index (χ3n) is 7.01. The van der Waals surface area contributed by atoms with Gasteiger partial charge >= 0.3 is 0 Å². The smallest absolute Gasteiger partial charge is 0.253 e. The quantitative estimate of drug-likeness (QED) is 0.469. The lowest BCUT2D eigenvalue weighted by Gasteiger charge is -2.40. The third kappa shape index (κ3) is 5.21. The number of hydrogen-bond acceptors (Lipinski definition) is 7. The van der Waals surface area contributed by atoms with Crippen LogP contribution in [0.3, 0.4) is 0 Å². The van der Waals surface area contributed by atoms with E-state index in [1.165, 1.54) is 0 Å². The van der Waals surface area contributed by atoms with Gasteiger partial charge in [0.15, 0.2) is 0 Å². The highest BCUT2D eigenvalue weighted by molar-refractivity contribution is 5.94. The zero-order valence-corrected chi connectivity index (χ0v) is 20.2. The number of aliphatic hydroxyl groups is 1. The molecule has 9 heteroatoms. The third-order valence-corrected chi connectivity index (χ3v) is 7.01. The van der Waals surface area contributed by atoms with Crippen molar-refractivity contribution in [3.05, 3.63) is 83.1 Å². The van der Waals surface area contributed by atoms with Crippen LogP contribution < -0.4 is 15.5 Å². The normalized spacial score (nSPS) is 20.7. The first-order chi connectivity index (χ1) is 17.5. The second-order valence-electron chi connectivity index (χ2n) is 9.53. The van der Waals surface area contributed by atoms with Crippen molar-refractivity contribution in [2.24, 2.45) is 0 Å². The molecule has 0 radical (unpaired) electrons. The second kappa shape index (κ2) is 10.4. The molecule has 0 spiro atoms. The first-order valence-corrected chi connectivity index (χ1v) is 12.3. The highest BCUT2D eigenvalue weighted by Crippen LogP contribution is 2.38. The highest BCUT2D eigenvalue weighted by Gasteiger charge is 2.41. The lowest BCUT2D eigenvalue weighted by atomic mass is 9.96. The van der Waals surface area contributed by atoms with Crippen LogP contribution in [-0.4, -0.2) is 50.0 Å². The van der Waals surface area contributed by atoms with E-state index in [0.717, 1.165) is 42.8 Å². The van der Waals surface area contributed by atoms with Crippen LogP contribution in [0.15, 0.2) is 55.0 Å². The molecule has 3 aromatic rings. The number of rotatable bonds is 7. The van der Waals surface area contributed by atoms with E-state index >= 15 is 0 Å². The van der Waals surface area contributed by atoms with Gasteiger partial charge in [0.05, 0.1) is 36.3 Å². The molecule has 2 aromatic heterocycles. The lowest BCUT2D eigenvalue weighted by molar-refractivity contribution is 0.0924. The zero-order chi connectivity index (χ0) is 25.1. The average molecular weight is 487 g/mol. The summed E-state index contributed by atoms with van der Waals surface area (Å²) in [5.41, 5.74) is 3.42. The van der Waals surface area contributed by atoms with Crippen molar-refractivity contribution in [2.45, 2.75) is 63.9 Å². The first-order valence-electron chi connectivity index (χ1n) is 12.3. The number of hydrogen-bond donors (Lipinski definition) is 3. The van der Waals surface area contributed by atoms with Gasteiger partial charge in [0.25, 0.3) is 11.8 Å². The van der Waals surface area contributed by atoms with E-state index in [1.807, 2.05) is 19.1 Å². The summed E-state index contributed by atoms with van der Waals surface area (Å²) < 4.78 is 0. The Hall–Kier alpha value is -3.85. The van der Waals surface area contributed by atoms with Gasteiger partial charge in [0.1, 0.15) is 5.82 Å². The number of aliphatic hydroxyl groups excluding tert-OH is 1. The van der Waals surface area contributed by atoms with E-state index in [1.54, 1.807) is 42.9 Å². The van der Waals surface area contributed by atoms with E-state index in [9.17, 15) is 14.7 Å². The molecule has 2 aliphatic heterocycles. The Kier molecular flexibility index (Phi) is 6.90. The van der Waals surface area contributed by atoms with Gasteiger partial charge in [-0.3, -0.25) is 19.6 Å². The van der Waals surface area contributed by atoms with E-state index in [0.29, 0.717) is 35.4 Å². The second-order valence-corrected chi connectivity index (χ2v) is 9.53. The fraction of sp³-hybridized carbons (Fsp3) is 0.370. The molecule has 5 rings (SSSR count). The molecule has 186 valence electrons. The number of piperidine rings is 1. The van der Waals surface area contributed by atoms with E-state index in [-0.39, 0.29) is 24.5 Å². The number of aryl methyl sites for hydroxylation is 1. The number of amides is 2. The predicted octanol–water partition coefficient (Wildman–Crippen LogP) is 2.53. The molecule has 2 amide bonds. The van der Waals surface area contributed by atoms with Gasteiger partial charge in [-0.25, -0.2) is 4.98 Å². The number of nitrogens with zero attached hydrogens (tertiary/aromatic N) is 4. The van der Waals surface area contributed by atoms with Crippen molar-refractivity contribution in [1.29, 1.82) is 0 Å². The maximum absolute atomic E-state index is 12.7. The minimum absolute atomic E-state index is 0.0357. The van der Waals surface area contributed by atoms with Gasteiger partial charge in [-0.2, -0.15) is 0 Å². The number of carbonyl (C=O) groups is 2. The van der Waals surface area contributed by atoms with Crippen LogP contribution in [0.2, 0.25) is 0 Å². The van der Waals surface area contributed by atoms with Crippen molar-refractivity contribution in [3.63, 3.8) is 0 Å². The summed E-state index contributed by atoms with van der Waals surface area (Å²) in [5, 5.41) is 15.2. The van der Waals surface area contributed by atoms with Crippen molar-refractivity contribution in [3.8, 4) is 0 Å². The van der Waals surface area contributed by atoms with E-state index < -0.39 is 0 Å². The van der Waals surface area contributed by atoms with Crippen LogP contribution in [0, 0.1) is 6.92 Å². The maximum atomic E-state index is 12.7. The number of carbonyl (C=O) groups excluding carboxylic acids is 2. The molecule has 2 aliphatic rings. The Bertz CT molecular complexity index is 1200. The first kappa shape index (κ1) is 23.9. The number of benzene rings is 1. The monoisotopic (exact) mass is 486 g/mol. The molecule has 3 N–H and O–H groups in total. The summed E-state index contributed by atoms with van der Waals surface area (Å²) in [5.74, 6) is 0.586. The minimum atomic E-state index is -0.201. The van der Waals surface area contributed by atoms with Crippen LogP contribution in [0.1, 0.15) is 63.4 Å².